The zero-order valence-electron chi connectivity index (χ0n) is 16.6. The molecule has 1 aliphatic rings. The molecule has 8 nitrogen and oxygen atoms in total. The maximum atomic E-state index is 13.5. The fourth-order valence-corrected chi connectivity index (χ4v) is 3.22. The molecule has 11 heteroatoms. The monoisotopic (exact) mass is 438 g/mol. The number of furan rings is 1. The third-order valence-corrected chi connectivity index (χ3v) is 4.62. The minimum absolute atomic E-state index is 0.0133. The van der Waals surface area contributed by atoms with Gasteiger partial charge in [-0.2, -0.15) is 13.2 Å². The van der Waals surface area contributed by atoms with Crippen LogP contribution in [-0.4, -0.2) is 41.9 Å². The number of anilines is 2. The van der Waals surface area contributed by atoms with Gasteiger partial charge in [0.1, 0.15) is 0 Å². The number of nitrogens with one attached hydrogen (secondary N) is 3. The molecule has 4 amide bonds. The molecule has 1 fully saturated rings. The number of hydrogen-bond donors (Lipinski definition) is 3. The molecule has 1 aromatic carbocycles. The Morgan fingerprint density at radius 3 is 2.61 bits per heavy atom. The Labute approximate surface area is 175 Å². The van der Waals surface area contributed by atoms with Crippen LogP contribution < -0.4 is 16.0 Å². The Hall–Kier alpha value is -3.50. The van der Waals surface area contributed by atoms with E-state index in [4.69, 9.17) is 4.42 Å². The number of nitrogens with zero attached hydrogens (tertiary/aromatic N) is 1. The molecule has 0 radical (unpaired) electrons. The van der Waals surface area contributed by atoms with E-state index >= 15 is 0 Å². The Morgan fingerprint density at radius 1 is 1.23 bits per heavy atom. The summed E-state index contributed by atoms with van der Waals surface area (Å²) in [5, 5.41) is 7.03. The third kappa shape index (κ3) is 5.77. The van der Waals surface area contributed by atoms with Crippen molar-refractivity contribution in [2.75, 3.05) is 23.7 Å². The van der Waals surface area contributed by atoms with Gasteiger partial charge in [0.2, 0.25) is 5.91 Å². The van der Waals surface area contributed by atoms with Crippen molar-refractivity contribution in [3.8, 4) is 0 Å². The molecule has 3 rings (SSSR count). The molecule has 0 bridgehead atoms. The number of hydrogen-bond acceptors (Lipinski definition) is 4. The van der Waals surface area contributed by atoms with Crippen molar-refractivity contribution >= 4 is 29.2 Å². The number of carbonyl (C=O) groups excluding carboxylic acids is 3. The molecule has 166 valence electrons. The van der Waals surface area contributed by atoms with Crippen LogP contribution in [0, 0.1) is 0 Å². The number of urea groups is 1. The van der Waals surface area contributed by atoms with Gasteiger partial charge in [0.25, 0.3) is 5.91 Å². The van der Waals surface area contributed by atoms with Gasteiger partial charge in [-0.1, -0.05) is 0 Å². The second kappa shape index (κ2) is 9.11. The van der Waals surface area contributed by atoms with Crippen LogP contribution in [0.25, 0.3) is 0 Å². The first-order valence-electron chi connectivity index (χ1n) is 9.55. The Bertz CT molecular complexity index is 960. The van der Waals surface area contributed by atoms with Crippen molar-refractivity contribution in [3.05, 3.63) is 47.9 Å². The van der Waals surface area contributed by atoms with Crippen molar-refractivity contribution in [2.45, 2.75) is 32.0 Å². The van der Waals surface area contributed by atoms with E-state index in [0.717, 1.165) is 18.6 Å². The van der Waals surface area contributed by atoms with Crippen molar-refractivity contribution < 1.29 is 32.0 Å². The summed E-state index contributed by atoms with van der Waals surface area (Å²) in [5.41, 5.74) is -1.70. The fraction of sp³-hybridized carbons (Fsp3) is 0.350. The minimum atomic E-state index is -4.78. The molecule has 2 heterocycles. The Morgan fingerprint density at radius 2 is 2.00 bits per heavy atom. The molecule has 1 atom stereocenters. The van der Waals surface area contributed by atoms with Gasteiger partial charge in [0, 0.05) is 31.2 Å². The van der Waals surface area contributed by atoms with Crippen molar-refractivity contribution in [3.63, 3.8) is 0 Å². The van der Waals surface area contributed by atoms with E-state index < -0.39 is 35.4 Å². The highest BCUT2D eigenvalue weighted by Gasteiger charge is 2.34. The van der Waals surface area contributed by atoms with Crippen LogP contribution in [0.4, 0.5) is 29.3 Å². The fourth-order valence-electron chi connectivity index (χ4n) is 3.22. The zero-order chi connectivity index (χ0) is 22.6. The zero-order valence-corrected chi connectivity index (χ0v) is 16.6. The number of rotatable bonds is 6. The molecule has 31 heavy (non-hydrogen) atoms. The van der Waals surface area contributed by atoms with Crippen molar-refractivity contribution in [2.24, 2.45) is 0 Å². The summed E-state index contributed by atoms with van der Waals surface area (Å²) in [7, 11) is 0. The molecule has 1 saturated heterocycles. The third-order valence-electron chi connectivity index (χ3n) is 4.62. The maximum Gasteiger partial charge on any atom is 0.418 e. The van der Waals surface area contributed by atoms with Gasteiger partial charge in [0.15, 0.2) is 5.76 Å². The summed E-state index contributed by atoms with van der Waals surface area (Å²) in [6.45, 7) is 2.52. The average Bonchev–Trinajstić information content (AvgIpc) is 3.34. The molecule has 1 aromatic heterocycles. The van der Waals surface area contributed by atoms with E-state index in [0.29, 0.717) is 13.0 Å². The smallest absolute Gasteiger partial charge is 0.418 e. The van der Waals surface area contributed by atoms with Crippen molar-refractivity contribution in [1.29, 1.82) is 0 Å². The highest BCUT2D eigenvalue weighted by molar-refractivity contribution is 6.02. The van der Waals surface area contributed by atoms with Gasteiger partial charge in [0.05, 0.1) is 17.5 Å². The van der Waals surface area contributed by atoms with Crippen LogP contribution in [0.2, 0.25) is 0 Å². The first-order valence-corrected chi connectivity index (χ1v) is 9.55. The molecule has 0 saturated carbocycles. The molecule has 1 aliphatic heterocycles. The lowest BCUT2D eigenvalue weighted by Gasteiger charge is -2.22. The molecular formula is C20H21F3N4O4. The second-order valence-corrected chi connectivity index (χ2v) is 7.13. The van der Waals surface area contributed by atoms with Gasteiger partial charge in [-0.15, -0.1) is 0 Å². The number of amides is 4. The van der Waals surface area contributed by atoms with E-state index in [-0.39, 0.29) is 23.9 Å². The SMILES string of the molecule is CC(CN1CCCC1=O)NC(=O)Nc1ccc(NC(=O)c2ccco2)cc1C(F)(F)F. The predicted octanol–water partition coefficient (Wildman–Crippen LogP) is 3.68. The van der Waals surface area contributed by atoms with E-state index in [2.05, 4.69) is 16.0 Å². The Balaban J connectivity index is 1.67. The van der Waals surface area contributed by atoms with Crippen LogP contribution in [0.5, 0.6) is 0 Å². The van der Waals surface area contributed by atoms with E-state index in [1.807, 2.05) is 0 Å². The number of alkyl halides is 3. The molecule has 2 aromatic rings. The minimum Gasteiger partial charge on any atom is -0.459 e. The summed E-state index contributed by atoms with van der Waals surface area (Å²) in [4.78, 5) is 37.5. The summed E-state index contributed by atoms with van der Waals surface area (Å²) in [5.74, 6) is -0.775. The highest BCUT2D eigenvalue weighted by atomic mass is 19.4. The van der Waals surface area contributed by atoms with Gasteiger partial charge < -0.3 is 25.3 Å². The normalized spacial score (nSPS) is 15.0. The largest absolute Gasteiger partial charge is 0.459 e. The van der Waals surface area contributed by atoms with Crippen LogP contribution in [-0.2, 0) is 11.0 Å². The van der Waals surface area contributed by atoms with Gasteiger partial charge in [-0.3, -0.25) is 9.59 Å². The first kappa shape index (κ1) is 22.2. The standard InChI is InChI=1S/C20H21F3N4O4/c1-12(11-27-8-2-5-17(27)28)24-19(30)26-15-7-6-13(10-14(15)20(21,22)23)25-18(29)16-4-3-9-31-16/h3-4,6-7,9-10,12H,2,5,8,11H2,1H3,(H,25,29)(H2,24,26,30). The summed E-state index contributed by atoms with van der Waals surface area (Å²) in [6, 6.07) is 4.56. The van der Waals surface area contributed by atoms with Crippen LogP contribution in [0.15, 0.2) is 41.0 Å². The second-order valence-electron chi connectivity index (χ2n) is 7.13. The average molecular weight is 438 g/mol. The lowest BCUT2D eigenvalue weighted by Crippen LogP contribution is -2.44. The van der Waals surface area contributed by atoms with Gasteiger partial charge in [-0.05, 0) is 43.7 Å². The quantitative estimate of drug-likeness (QED) is 0.640. The number of benzene rings is 1. The summed E-state index contributed by atoms with van der Waals surface area (Å²) >= 11 is 0. The summed E-state index contributed by atoms with van der Waals surface area (Å²) in [6.07, 6.45) is -2.31. The first-order chi connectivity index (χ1) is 14.6. The lowest BCUT2D eigenvalue weighted by molar-refractivity contribution is -0.137. The van der Waals surface area contributed by atoms with Crippen LogP contribution in [0.3, 0.4) is 0 Å². The molecule has 0 spiro atoms. The molecular weight excluding hydrogens is 417 g/mol. The molecule has 3 N–H and O–H groups in total. The molecule has 1 unspecified atom stereocenters. The lowest BCUT2D eigenvalue weighted by atomic mass is 10.1. The topological polar surface area (TPSA) is 104 Å². The predicted molar refractivity (Wildman–Crippen MR) is 106 cm³/mol. The van der Waals surface area contributed by atoms with E-state index in [1.165, 1.54) is 24.5 Å². The van der Waals surface area contributed by atoms with Gasteiger partial charge >= 0.3 is 12.2 Å². The number of carbonyl (C=O) groups is 3. The Kier molecular flexibility index (Phi) is 6.52. The van der Waals surface area contributed by atoms with Gasteiger partial charge in [-0.25, -0.2) is 4.79 Å². The van der Waals surface area contributed by atoms with E-state index in [1.54, 1.807) is 11.8 Å². The van der Waals surface area contributed by atoms with Crippen LogP contribution >= 0.6 is 0 Å². The highest BCUT2D eigenvalue weighted by Crippen LogP contribution is 2.36. The summed E-state index contributed by atoms with van der Waals surface area (Å²) < 4.78 is 45.5. The maximum absolute atomic E-state index is 13.5. The number of likely N-dealkylation sites (tertiary alicyclic amines) is 1. The van der Waals surface area contributed by atoms with Crippen molar-refractivity contribution in [1.82, 2.24) is 10.2 Å². The number of halogens is 3. The van der Waals surface area contributed by atoms with Crippen LogP contribution in [0.1, 0.15) is 35.9 Å². The molecule has 0 aliphatic carbocycles. The van der Waals surface area contributed by atoms with E-state index in [9.17, 15) is 27.6 Å².